The summed E-state index contributed by atoms with van der Waals surface area (Å²) in [7, 11) is 0. The predicted octanol–water partition coefficient (Wildman–Crippen LogP) is 1.40. The minimum absolute atomic E-state index is 0.0759. The van der Waals surface area contributed by atoms with Crippen LogP contribution in [0.5, 0.6) is 0 Å². The van der Waals surface area contributed by atoms with Crippen LogP contribution in [0.3, 0.4) is 0 Å². The highest BCUT2D eigenvalue weighted by Gasteiger charge is 2.36. The van der Waals surface area contributed by atoms with Gasteiger partial charge >= 0.3 is 0 Å². The summed E-state index contributed by atoms with van der Waals surface area (Å²) in [5.74, 6) is 0.294. The third kappa shape index (κ3) is 3.70. The maximum absolute atomic E-state index is 11.9. The van der Waals surface area contributed by atoms with Crippen LogP contribution < -0.4 is 0 Å². The van der Waals surface area contributed by atoms with Crippen LogP contribution in [0, 0.1) is 0 Å². The van der Waals surface area contributed by atoms with E-state index in [0.29, 0.717) is 17.2 Å². The first kappa shape index (κ1) is 15.3. The lowest BCUT2D eigenvalue weighted by molar-refractivity contribution is -0.129. The van der Waals surface area contributed by atoms with Gasteiger partial charge in [-0.2, -0.15) is 0 Å². The Balaban J connectivity index is 1.89. The molecule has 0 radical (unpaired) electrons. The largest absolute Gasteiger partial charge is 0.340 e. The molecule has 0 aromatic rings. The molecular formula is C14H26BrN3O. The summed E-state index contributed by atoms with van der Waals surface area (Å²) >= 11 is 3.56. The summed E-state index contributed by atoms with van der Waals surface area (Å²) in [4.78, 5) is 19.3. The number of likely N-dealkylation sites (tertiary alicyclic amines) is 1. The van der Waals surface area contributed by atoms with Gasteiger partial charge in [0.1, 0.15) is 0 Å². The lowest BCUT2D eigenvalue weighted by Crippen LogP contribution is -2.58. The van der Waals surface area contributed by atoms with E-state index in [2.05, 4.69) is 46.5 Å². The molecule has 1 unspecified atom stereocenters. The van der Waals surface area contributed by atoms with Crippen LogP contribution in [0.25, 0.3) is 0 Å². The van der Waals surface area contributed by atoms with Gasteiger partial charge in [-0.25, -0.2) is 0 Å². The molecule has 0 N–H and O–H groups in total. The molecule has 0 saturated carbocycles. The molecule has 0 aromatic carbocycles. The molecule has 2 rings (SSSR count). The molecule has 0 aliphatic carbocycles. The van der Waals surface area contributed by atoms with Crippen LogP contribution in [-0.2, 0) is 4.79 Å². The van der Waals surface area contributed by atoms with Crippen molar-refractivity contribution < 1.29 is 4.79 Å². The van der Waals surface area contributed by atoms with Crippen molar-refractivity contribution in [2.75, 3.05) is 45.8 Å². The number of piperazine rings is 1. The van der Waals surface area contributed by atoms with Gasteiger partial charge in [0.15, 0.2) is 0 Å². The van der Waals surface area contributed by atoms with Crippen LogP contribution in [0.15, 0.2) is 0 Å². The van der Waals surface area contributed by atoms with Crippen molar-refractivity contribution in [3.63, 3.8) is 0 Å². The fourth-order valence-electron chi connectivity index (χ4n) is 3.11. The number of carbonyl (C=O) groups is 1. The molecule has 1 atom stereocenters. The first-order chi connectivity index (χ1) is 8.92. The van der Waals surface area contributed by atoms with Gasteiger partial charge in [-0.15, -0.1) is 0 Å². The normalized spacial score (nSPS) is 27.3. The lowest BCUT2D eigenvalue weighted by atomic mass is 10.0. The van der Waals surface area contributed by atoms with E-state index in [1.807, 2.05) is 4.90 Å². The zero-order valence-electron chi connectivity index (χ0n) is 12.4. The van der Waals surface area contributed by atoms with Crippen molar-refractivity contribution in [2.45, 2.75) is 37.6 Å². The third-order valence-corrected chi connectivity index (χ3v) is 5.03. The molecular weight excluding hydrogens is 306 g/mol. The topological polar surface area (TPSA) is 26.8 Å². The Labute approximate surface area is 125 Å². The third-order valence-electron chi connectivity index (χ3n) is 4.42. The van der Waals surface area contributed by atoms with Gasteiger partial charge in [0.05, 0.1) is 0 Å². The zero-order chi connectivity index (χ0) is 14.0. The molecule has 2 heterocycles. The Morgan fingerprint density at radius 1 is 1.26 bits per heavy atom. The van der Waals surface area contributed by atoms with Crippen molar-refractivity contribution in [3.8, 4) is 0 Å². The van der Waals surface area contributed by atoms with Crippen molar-refractivity contribution in [3.05, 3.63) is 0 Å². The van der Waals surface area contributed by atoms with Gasteiger partial charge < -0.3 is 9.80 Å². The number of nitrogens with zero attached hydrogens (tertiary/aromatic N) is 3. The lowest BCUT2D eigenvalue weighted by Gasteiger charge is -2.45. The second-order valence-electron chi connectivity index (χ2n) is 6.31. The van der Waals surface area contributed by atoms with Gasteiger partial charge in [-0.05, 0) is 20.4 Å². The summed E-state index contributed by atoms with van der Waals surface area (Å²) in [6.07, 6.45) is 0.652. The van der Waals surface area contributed by atoms with E-state index < -0.39 is 0 Å². The van der Waals surface area contributed by atoms with Crippen LogP contribution >= 0.6 is 15.9 Å². The van der Waals surface area contributed by atoms with Crippen LogP contribution in [0.1, 0.15) is 27.2 Å². The number of hydrogen-bond acceptors (Lipinski definition) is 3. The summed E-state index contributed by atoms with van der Waals surface area (Å²) in [6.45, 7) is 14.1. The van der Waals surface area contributed by atoms with E-state index >= 15 is 0 Å². The first-order valence-corrected chi connectivity index (χ1v) is 8.23. The second-order valence-corrected chi connectivity index (χ2v) is 7.60. The maximum Gasteiger partial charge on any atom is 0.223 e. The van der Waals surface area contributed by atoms with Crippen molar-refractivity contribution >= 4 is 21.8 Å². The van der Waals surface area contributed by atoms with E-state index in [9.17, 15) is 4.79 Å². The Morgan fingerprint density at radius 2 is 1.89 bits per heavy atom. The second kappa shape index (κ2) is 6.10. The van der Waals surface area contributed by atoms with Crippen molar-refractivity contribution in [1.82, 2.24) is 14.7 Å². The SMILES string of the molecule is CCN1CCN(C(C)(C)CN2CC(Br)CC2=O)CC1. The van der Waals surface area contributed by atoms with Gasteiger partial charge in [0.25, 0.3) is 0 Å². The summed E-state index contributed by atoms with van der Waals surface area (Å²) < 4.78 is 0. The molecule has 19 heavy (non-hydrogen) atoms. The average Bonchev–Trinajstić information content (AvgIpc) is 2.67. The number of rotatable bonds is 4. The minimum Gasteiger partial charge on any atom is -0.340 e. The number of halogens is 1. The molecule has 0 bridgehead atoms. The Kier molecular flexibility index (Phi) is 4.90. The highest BCUT2D eigenvalue weighted by atomic mass is 79.9. The highest BCUT2D eigenvalue weighted by molar-refractivity contribution is 9.09. The quantitative estimate of drug-likeness (QED) is 0.728. The Morgan fingerprint density at radius 3 is 2.37 bits per heavy atom. The molecule has 4 nitrogen and oxygen atoms in total. The Hall–Kier alpha value is -0.130. The number of hydrogen-bond donors (Lipinski definition) is 0. The molecule has 5 heteroatoms. The number of likely N-dealkylation sites (N-methyl/N-ethyl adjacent to an activating group) is 1. The van der Waals surface area contributed by atoms with E-state index in [0.717, 1.165) is 45.8 Å². The van der Waals surface area contributed by atoms with Crippen LogP contribution in [-0.4, -0.2) is 76.8 Å². The number of carbonyl (C=O) groups excluding carboxylic acids is 1. The van der Waals surface area contributed by atoms with Crippen LogP contribution in [0.2, 0.25) is 0 Å². The Bertz CT molecular complexity index is 327. The molecule has 2 fully saturated rings. The van der Waals surface area contributed by atoms with Crippen molar-refractivity contribution in [1.29, 1.82) is 0 Å². The molecule has 2 aliphatic heterocycles. The van der Waals surface area contributed by atoms with E-state index in [4.69, 9.17) is 0 Å². The van der Waals surface area contributed by atoms with Gasteiger partial charge in [-0.3, -0.25) is 9.69 Å². The fourth-order valence-corrected chi connectivity index (χ4v) is 3.74. The average molecular weight is 332 g/mol. The molecule has 0 aromatic heterocycles. The zero-order valence-corrected chi connectivity index (χ0v) is 13.9. The minimum atomic E-state index is 0.0759. The standard InChI is InChI=1S/C14H26BrN3O/c1-4-16-5-7-18(8-6-16)14(2,3)11-17-10-12(15)9-13(17)19/h12H,4-11H2,1-3H3. The fraction of sp³-hybridized carbons (Fsp3) is 0.929. The predicted molar refractivity (Wildman–Crippen MR) is 81.7 cm³/mol. The van der Waals surface area contributed by atoms with Gasteiger partial charge in [0.2, 0.25) is 5.91 Å². The van der Waals surface area contributed by atoms with Gasteiger partial charge in [0, 0.05) is 56.1 Å². The van der Waals surface area contributed by atoms with Crippen LogP contribution in [0.4, 0.5) is 0 Å². The molecule has 1 amide bonds. The maximum atomic E-state index is 11.9. The van der Waals surface area contributed by atoms with Gasteiger partial charge in [-0.1, -0.05) is 22.9 Å². The van der Waals surface area contributed by atoms with E-state index in [-0.39, 0.29) is 5.54 Å². The molecule has 2 saturated heterocycles. The van der Waals surface area contributed by atoms with E-state index in [1.165, 1.54) is 0 Å². The highest BCUT2D eigenvalue weighted by Crippen LogP contribution is 2.24. The molecule has 110 valence electrons. The molecule has 2 aliphatic rings. The summed E-state index contributed by atoms with van der Waals surface area (Å²) in [6, 6.07) is 0. The van der Waals surface area contributed by atoms with E-state index in [1.54, 1.807) is 0 Å². The monoisotopic (exact) mass is 331 g/mol. The van der Waals surface area contributed by atoms with Crippen molar-refractivity contribution in [2.24, 2.45) is 0 Å². The summed E-state index contributed by atoms with van der Waals surface area (Å²) in [5.41, 5.74) is 0.0759. The first-order valence-electron chi connectivity index (χ1n) is 7.31. The smallest absolute Gasteiger partial charge is 0.223 e. The summed E-state index contributed by atoms with van der Waals surface area (Å²) in [5, 5.41) is 0. The number of amides is 1. The number of alkyl halides is 1. The molecule has 0 spiro atoms.